The number of guanidine groups is 1. The molecule has 1 unspecified atom stereocenters. The number of aryl methyl sites for hydroxylation is 1. The van der Waals surface area contributed by atoms with Crippen LogP contribution >= 0.6 is 35.3 Å². The van der Waals surface area contributed by atoms with Gasteiger partial charge in [0.2, 0.25) is 0 Å². The third kappa shape index (κ3) is 7.25. The number of nitrogens with one attached hydrogen (secondary N) is 2. The Morgan fingerprint density at radius 2 is 2.14 bits per heavy atom. The van der Waals surface area contributed by atoms with Crippen molar-refractivity contribution in [2.45, 2.75) is 39.0 Å². The van der Waals surface area contributed by atoms with Crippen molar-refractivity contribution in [3.8, 4) is 5.75 Å². The second kappa shape index (κ2) is 11.5. The molecule has 2 heterocycles. The number of halogens is 3. The van der Waals surface area contributed by atoms with E-state index in [-0.39, 0.29) is 35.8 Å². The molecule has 1 saturated heterocycles. The van der Waals surface area contributed by atoms with E-state index in [9.17, 15) is 8.78 Å². The number of ether oxygens (including phenoxy) is 1. The number of anilines is 1. The van der Waals surface area contributed by atoms with E-state index in [1.165, 1.54) is 4.88 Å². The van der Waals surface area contributed by atoms with Gasteiger partial charge in [-0.2, -0.15) is 8.78 Å². The van der Waals surface area contributed by atoms with Crippen molar-refractivity contribution < 1.29 is 13.5 Å². The SMILES string of the molecule is CN=C(NCc1ncc(C)s1)NC1CCCN(c2ccc(OC(F)F)cc2)C1.I. The van der Waals surface area contributed by atoms with Crippen LogP contribution in [0.3, 0.4) is 0 Å². The molecule has 160 valence electrons. The number of hydrogen-bond donors (Lipinski definition) is 2. The minimum atomic E-state index is -2.80. The predicted octanol–water partition coefficient (Wildman–Crippen LogP) is 4.00. The second-order valence-electron chi connectivity index (χ2n) is 6.59. The largest absolute Gasteiger partial charge is 0.435 e. The minimum Gasteiger partial charge on any atom is -0.435 e. The molecule has 0 bridgehead atoms. The molecular weight excluding hydrogens is 511 g/mol. The highest BCUT2D eigenvalue weighted by Crippen LogP contribution is 2.24. The molecule has 0 saturated carbocycles. The number of aromatic nitrogens is 1. The van der Waals surface area contributed by atoms with Gasteiger partial charge in [0, 0.05) is 42.9 Å². The van der Waals surface area contributed by atoms with Crippen LogP contribution in [0, 0.1) is 6.92 Å². The lowest BCUT2D eigenvalue weighted by atomic mass is 10.0. The first kappa shape index (κ1) is 23.6. The standard InChI is InChI=1S/C19H25F2N5OS.HI/c1-13-10-23-17(28-13)11-24-19(22-2)25-14-4-3-9-26(12-14)15-5-7-16(8-6-15)27-18(20)21;/h5-8,10,14,18H,3-4,9,11-12H2,1-2H3,(H2,22,24,25);1H. The minimum absolute atomic E-state index is 0. The first-order chi connectivity index (χ1) is 13.5. The average Bonchev–Trinajstić information content (AvgIpc) is 3.10. The highest BCUT2D eigenvalue weighted by molar-refractivity contribution is 14.0. The van der Waals surface area contributed by atoms with Gasteiger partial charge < -0.3 is 20.3 Å². The molecule has 1 atom stereocenters. The van der Waals surface area contributed by atoms with Gasteiger partial charge in [-0.3, -0.25) is 4.99 Å². The van der Waals surface area contributed by atoms with E-state index in [0.29, 0.717) is 6.54 Å². The Hall–Kier alpha value is -1.69. The van der Waals surface area contributed by atoms with Gasteiger partial charge in [0.05, 0.1) is 6.54 Å². The molecule has 0 spiro atoms. The number of alkyl halides is 2. The van der Waals surface area contributed by atoms with Gasteiger partial charge in [-0.15, -0.1) is 35.3 Å². The van der Waals surface area contributed by atoms with E-state index in [4.69, 9.17) is 0 Å². The highest BCUT2D eigenvalue weighted by atomic mass is 127. The summed E-state index contributed by atoms with van der Waals surface area (Å²) in [4.78, 5) is 12.1. The van der Waals surface area contributed by atoms with Crippen LogP contribution in [-0.4, -0.2) is 43.7 Å². The van der Waals surface area contributed by atoms with E-state index in [2.05, 4.69) is 30.2 Å². The summed E-state index contributed by atoms with van der Waals surface area (Å²) in [6.07, 6.45) is 3.95. The maximum absolute atomic E-state index is 12.3. The molecule has 1 aromatic carbocycles. The predicted molar refractivity (Wildman–Crippen MR) is 124 cm³/mol. The lowest BCUT2D eigenvalue weighted by Gasteiger charge is -2.35. The first-order valence-electron chi connectivity index (χ1n) is 9.22. The van der Waals surface area contributed by atoms with Gasteiger partial charge in [-0.25, -0.2) is 4.98 Å². The molecular formula is C19H26F2IN5OS. The fraction of sp³-hybridized carbons (Fsp3) is 0.474. The Labute approximate surface area is 190 Å². The molecule has 0 amide bonds. The zero-order valence-electron chi connectivity index (χ0n) is 16.4. The van der Waals surface area contributed by atoms with Crippen LogP contribution in [0.4, 0.5) is 14.5 Å². The fourth-order valence-corrected chi connectivity index (χ4v) is 3.93. The molecule has 2 N–H and O–H groups in total. The van der Waals surface area contributed by atoms with E-state index in [1.807, 2.05) is 25.3 Å². The normalized spacial score (nSPS) is 17.1. The van der Waals surface area contributed by atoms with Gasteiger partial charge in [0.1, 0.15) is 10.8 Å². The van der Waals surface area contributed by atoms with Crippen molar-refractivity contribution in [3.05, 3.63) is 40.3 Å². The summed E-state index contributed by atoms with van der Waals surface area (Å²) in [6, 6.07) is 7.04. The van der Waals surface area contributed by atoms with Crippen molar-refractivity contribution >= 4 is 47.0 Å². The van der Waals surface area contributed by atoms with E-state index >= 15 is 0 Å². The molecule has 1 aromatic heterocycles. The second-order valence-corrected chi connectivity index (χ2v) is 7.91. The number of nitrogens with zero attached hydrogens (tertiary/aromatic N) is 3. The summed E-state index contributed by atoms with van der Waals surface area (Å²) in [5.74, 6) is 0.924. The van der Waals surface area contributed by atoms with E-state index in [0.717, 1.165) is 42.6 Å². The van der Waals surface area contributed by atoms with Gasteiger partial charge in [0.15, 0.2) is 5.96 Å². The van der Waals surface area contributed by atoms with Crippen molar-refractivity contribution in [3.63, 3.8) is 0 Å². The number of piperidine rings is 1. The van der Waals surface area contributed by atoms with Gasteiger partial charge >= 0.3 is 6.61 Å². The van der Waals surface area contributed by atoms with Crippen molar-refractivity contribution in [1.82, 2.24) is 15.6 Å². The molecule has 29 heavy (non-hydrogen) atoms. The number of hydrogen-bond acceptors (Lipinski definition) is 5. The quantitative estimate of drug-likeness (QED) is 0.332. The van der Waals surface area contributed by atoms with Gasteiger partial charge in [0.25, 0.3) is 0 Å². The number of aliphatic imine (C=N–C) groups is 1. The smallest absolute Gasteiger partial charge is 0.387 e. The Balaban J connectivity index is 0.00000300. The lowest BCUT2D eigenvalue weighted by Crippen LogP contribution is -2.51. The van der Waals surface area contributed by atoms with E-state index in [1.54, 1.807) is 30.5 Å². The molecule has 2 aromatic rings. The molecule has 1 aliphatic rings. The summed E-state index contributed by atoms with van der Waals surface area (Å²) in [5.41, 5.74) is 0.995. The monoisotopic (exact) mass is 537 g/mol. The Morgan fingerprint density at radius 3 is 2.76 bits per heavy atom. The maximum Gasteiger partial charge on any atom is 0.387 e. The van der Waals surface area contributed by atoms with Crippen LogP contribution in [0.5, 0.6) is 5.75 Å². The summed E-state index contributed by atoms with van der Waals surface area (Å²) in [7, 11) is 1.75. The van der Waals surface area contributed by atoms with E-state index < -0.39 is 6.61 Å². The topological polar surface area (TPSA) is 61.8 Å². The summed E-state index contributed by atoms with van der Waals surface area (Å²) >= 11 is 1.67. The van der Waals surface area contributed by atoms with Crippen LogP contribution in [0.25, 0.3) is 0 Å². The number of rotatable bonds is 6. The van der Waals surface area contributed by atoms with Crippen LogP contribution in [0.1, 0.15) is 22.7 Å². The fourth-order valence-electron chi connectivity index (χ4n) is 3.20. The Morgan fingerprint density at radius 1 is 1.38 bits per heavy atom. The first-order valence-corrected chi connectivity index (χ1v) is 10.0. The van der Waals surface area contributed by atoms with Crippen molar-refractivity contribution in [2.24, 2.45) is 4.99 Å². The number of thiazole rings is 1. The average molecular weight is 537 g/mol. The van der Waals surface area contributed by atoms with Crippen LogP contribution in [0.2, 0.25) is 0 Å². The summed E-state index contributed by atoms with van der Waals surface area (Å²) in [6.45, 7) is 1.61. The third-order valence-electron chi connectivity index (χ3n) is 4.49. The molecule has 1 fully saturated rings. The third-order valence-corrected chi connectivity index (χ3v) is 5.40. The molecule has 6 nitrogen and oxygen atoms in total. The van der Waals surface area contributed by atoms with Crippen LogP contribution in [-0.2, 0) is 6.54 Å². The molecule has 0 radical (unpaired) electrons. The van der Waals surface area contributed by atoms with Crippen LogP contribution < -0.4 is 20.3 Å². The Kier molecular flexibility index (Phi) is 9.34. The van der Waals surface area contributed by atoms with Crippen LogP contribution in [0.15, 0.2) is 35.5 Å². The maximum atomic E-state index is 12.3. The molecule has 10 heteroatoms. The number of benzene rings is 1. The highest BCUT2D eigenvalue weighted by Gasteiger charge is 2.21. The van der Waals surface area contributed by atoms with Gasteiger partial charge in [-0.05, 0) is 44.0 Å². The van der Waals surface area contributed by atoms with Crippen molar-refractivity contribution in [1.29, 1.82) is 0 Å². The molecule has 1 aliphatic heterocycles. The zero-order chi connectivity index (χ0) is 19.9. The summed E-state index contributed by atoms with van der Waals surface area (Å²) in [5, 5.41) is 7.80. The summed E-state index contributed by atoms with van der Waals surface area (Å²) < 4.78 is 29.0. The zero-order valence-corrected chi connectivity index (χ0v) is 19.5. The lowest BCUT2D eigenvalue weighted by molar-refractivity contribution is -0.0498. The van der Waals surface area contributed by atoms with Gasteiger partial charge in [-0.1, -0.05) is 0 Å². The molecule has 3 rings (SSSR count). The Bertz CT molecular complexity index is 787. The molecule has 0 aliphatic carbocycles. The van der Waals surface area contributed by atoms with Crippen molar-refractivity contribution in [2.75, 3.05) is 25.0 Å².